The summed E-state index contributed by atoms with van der Waals surface area (Å²) in [5.74, 6) is 0.503. The first kappa shape index (κ1) is 13.1. The van der Waals surface area contributed by atoms with Gasteiger partial charge in [-0.15, -0.1) is 0 Å². The van der Waals surface area contributed by atoms with E-state index in [1.807, 2.05) is 0 Å². The number of sulfone groups is 1. The minimum atomic E-state index is -3.01. The maximum Gasteiger partial charge on any atom is 0.153 e. The number of benzene rings is 1. The van der Waals surface area contributed by atoms with E-state index in [0.717, 1.165) is 0 Å². The summed E-state index contributed by atoms with van der Waals surface area (Å²) in [7, 11) is -3.01. The van der Waals surface area contributed by atoms with Gasteiger partial charge in [0.2, 0.25) is 0 Å². The van der Waals surface area contributed by atoms with Crippen molar-refractivity contribution in [2.75, 3.05) is 23.8 Å². The van der Waals surface area contributed by atoms with Gasteiger partial charge in [-0.1, -0.05) is 18.5 Å². The molecule has 0 bridgehead atoms. The van der Waals surface area contributed by atoms with Crippen molar-refractivity contribution in [2.24, 2.45) is 0 Å². The summed E-state index contributed by atoms with van der Waals surface area (Å²) in [6.07, 6.45) is 0. The molecule has 6 heteroatoms. The Morgan fingerprint density at radius 3 is 2.75 bits per heavy atom. The van der Waals surface area contributed by atoms with Crippen molar-refractivity contribution in [3.63, 3.8) is 0 Å². The van der Waals surface area contributed by atoms with E-state index in [9.17, 15) is 8.42 Å². The van der Waals surface area contributed by atoms with Crippen molar-refractivity contribution in [3.05, 3.63) is 23.2 Å². The van der Waals surface area contributed by atoms with Crippen LogP contribution < -0.4 is 10.5 Å². The van der Waals surface area contributed by atoms with Gasteiger partial charge in [-0.2, -0.15) is 0 Å². The van der Waals surface area contributed by atoms with E-state index >= 15 is 0 Å². The van der Waals surface area contributed by atoms with E-state index in [2.05, 4.69) is 0 Å². The number of nitrogen functional groups attached to an aromatic ring is 1. The van der Waals surface area contributed by atoms with Crippen LogP contribution in [-0.4, -0.2) is 26.5 Å². The van der Waals surface area contributed by atoms with Crippen molar-refractivity contribution in [1.82, 2.24) is 0 Å². The van der Waals surface area contributed by atoms with Gasteiger partial charge in [0, 0.05) is 17.5 Å². The molecule has 0 aliphatic rings. The number of ether oxygens (including phenoxy) is 1. The molecule has 16 heavy (non-hydrogen) atoms. The molecule has 1 aromatic carbocycles. The number of hydrogen-bond donors (Lipinski definition) is 1. The lowest BCUT2D eigenvalue weighted by Crippen LogP contribution is -2.15. The molecule has 0 heterocycles. The van der Waals surface area contributed by atoms with Gasteiger partial charge in [-0.3, -0.25) is 0 Å². The third kappa shape index (κ3) is 3.90. The predicted molar refractivity (Wildman–Crippen MR) is 65.7 cm³/mol. The van der Waals surface area contributed by atoms with Gasteiger partial charge in [0.25, 0.3) is 0 Å². The quantitative estimate of drug-likeness (QED) is 0.822. The highest BCUT2D eigenvalue weighted by Crippen LogP contribution is 2.26. The van der Waals surface area contributed by atoms with Crippen molar-refractivity contribution < 1.29 is 13.2 Å². The summed E-state index contributed by atoms with van der Waals surface area (Å²) in [5, 5.41) is 0.420. The molecular weight excluding hydrogens is 250 g/mol. The van der Waals surface area contributed by atoms with Crippen molar-refractivity contribution in [2.45, 2.75) is 6.92 Å². The number of halogens is 1. The molecule has 0 saturated carbocycles. The van der Waals surface area contributed by atoms with Gasteiger partial charge >= 0.3 is 0 Å². The molecule has 0 radical (unpaired) electrons. The van der Waals surface area contributed by atoms with Gasteiger partial charge in [0.1, 0.15) is 12.4 Å². The Balaban J connectivity index is 2.59. The van der Waals surface area contributed by atoms with E-state index in [-0.39, 0.29) is 18.1 Å². The van der Waals surface area contributed by atoms with Crippen LogP contribution in [0.3, 0.4) is 0 Å². The van der Waals surface area contributed by atoms with Crippen LogP contribution in [0.4, 0.5) is 5.69 Å². The minimum absolute atomic E-state index is 0.0192. The Kier molecular flexibility index (Phi) is 4.44. The molecule has 0 fully saturated rings. The zero-order valence-electron chi connectivity index (χ0n) is 8.94. The highest BCUT2D eigenvalue weighted by Gasteiger charge is 2.08. The lowest BCUT2D eigenvalue weighted by Gasteiger charge is -2.08. The highest BCUT2D eigenvalue weighted by molar-refractivity contribution is 7.91. The van der Waals surface area contributed by atoms with Crippen LogP contribution in [0.1, 0.15) is 6.92 Å². The number of nitrogens with two attached hydrogens (primary N) is 1. The van der Waals surface area contributed by atoms with E-state index in [4.69, 9.17) is 22.1 Å². The van der Waals surface area contributed by atoms with Crippen LogP contribution >= 0.6 is 11.6 Å². The summed E-state index contributed by atoms with van der Waals surface area (Å²) >= 11 is 5.85. The Morgan fingerprint density at radius 2 is 2.12 bits per heavy atom. The van der Waals surface area contributed by atoms with E-state index in [1.54, 1.807) is 25.1 Å². The first-order valence-electron chi connectivity index (χ1n) is 4.83. The summed E-state index contributed by atoms with van der Waals surface area (Å²) in [5.41, 5.74) is 6.08. The first-order chi connectivity index (χ1) is 7.44. The fourth-order valence-corrected chi connectivity index (χ4v) is 1.85. The topological polar surface area (TPSA) is 69.4 Å². The van der Waals surface area contributed by atoms with E-state index < -0.39 is 9.84 Å². The first-order valence-corrected chi connectivity index (χ1v) is 7.03. The second kappa shape index (κ2) is 5.41. The molecule has 1 rings (SSSR count). The van der Waals surface area contributed by atoms with Crippen molar-refractivity contribution in [3.8, 4) is 5.75 Å². The van der Waals surface area contributed by atoms with E-state index in [1.165, 1.54) is 0 Å². The Hall–Kier alpha value is -0.940. The molecule has 0 saturated heterocycles. The standard InChI is InChI=1S/C10H14ClNO3S/c1-2-16(13,14)6-5-15-10-7-8(12)3-4-9(10)11/h3-4,7H,2,5-6,12H2,1H3. The fourth-order valence-electron chi connectivity index (χ4n) is 1.05. The van der Waals surface area contributed by atoms with Crippen molar-refractivity contribution >= 4 is 27.1 Å². The molecule has 0 unspecified atom stereocenters. The number of anilines is 1. The maximum atomic E-state index is 11.2. The largest absolute Gasteiger partial charge is 0.491 e. The van der Waals surface area contributed by atoms with Crippen LogP contribution in [0.5, 0.6) is 5.75 Å². The molecule has 0 aliphatic carbocycles. The molecule has 2 N–H and O–H groups in total. The molecular formula is C10H14ClNO3S. The number of rotatable bonds is 5. The third-order valence-electron chi connectivity index (χ3n) is 2.05. The van der Waals surface area contributed by atoms with Gasteiger partial charge in [-0.25, -0.2) is 8.42 Å². The monoisotopic (exact) mass is 263 g/mol. The van der Waals surface area contributed by atoms with Gasteiger partial charge in [0.15, 0.2) is 9.84 Å². The second-order valence-electron chi connectivity index (χ2n) is 3.27. The molecule has 0 aromatic heterocycles. The normalized spacial score (nSPS) is 11.4. The van der Waals surface area contributed by atoms with Crippen LogP contribution in [0.15, 0.2) is 18.2 Å². The van der Waals surface area contributed by atoms with Crippen LogP contribution in [0, 0.1) is 0 Å². The zero-order chi connectivity index (χ0) is 12.2. The Bertz CT molecular complexity index is 459. The Labute approximate surface area is 100 Å². The number of hydrogen-bond acceptors (Lipinski definition) is 4. The third-order valence-corrected chi connectivity index (χ3v) is 4.03. The molecule has 0 spiro atoms. The van der Waals surface area contributed by atoms with Gasteiger partial charge in [-0.05, 0) is 12.1 Å². The molecule has 0 atom stereocenters. The second-order valence-corrected chi connectivity index (χ2v) is 6.15. The molecule has 0 amide bonds. The lowest BCUT2D eigenvalue weighted by molar-refractivity contribution is 0.341. The molecule has 90 valence electrons. The Morgan fingerprint density at radius 1 is 1.44 bits per heavy atom. The zero-order valence-corrected chi connectivity index (χ0v) is 10.5. The lowest BCUT2D eigenvalue weighted by atomic mass is 10.3. The average Bonchev–Trinajstić information content (AvgIpc) is 2.23. The van der Waals surface area contributed by atoms with Crippen LogP contribution in [-0.2, 0) is 9.84 Å². The maximum absolute atomic E-state index is 11.2. The molecule has 1 aromatic rings. The average molecular weight is 264 g/mol. The van der Waals surface area contributed by atoms with Crippen LogP contribution in [0.2, 0.25) is 5.02 Å². The predicted octanol–water partition coefficient (Wildman–Crippen LogP) is 1.74. The fraction of sp³-hybridized carbons (Fsp3) is 0.400. The molecule has 0 aliphatic heterocycles. The smallest absolute Gasteiger partial charge is 0.153 e. The van der Waals surface area contributed by atoms with Gasteiger partial charge in [0.05, 0.1) is 10.8 Å². The van der Waals surface area contributed by atoms with Crippen molar-refractivity contribution in [1.29, 1.82) is 0 Å². The van der Waals surface area contributed by atoms with Gasteiger partial charge < -0.3 is 10.5 Å². The SMILES string of the molecule is CCS(=O)(=O)CCOc1cc(N)ccc1Cl. The van der Waals surface area contributed by atoms with E-state index in [0.29, 0.717) is 16.5 Å². The summed E-state index contributed by atoms with van der Waals surface area (Å²) in [6.45, 7) is 1.68. The highest BCUT2D eigenvalue weighted by atomic mass is 35.5. The minimum Gasteiger partial charge on any atom is -0.491 e. The van der Waals surface area contributed by atoms with Crippen LogP contribution in [0.25, 0.3) is 0 Å². The summed E-state index contributed by atoms with van der Waals surface area (Å²) in [4.78, 5) is 0. The summed E-state index contributed by atoms with van der Waals surface area (Å²) in [6, 6.07) is 4.83. The molecule has 4 nitrogen and oxygen atoms in total. The summed E-state index contributed by atoms with van der Waals surface area (Å²) < 4.78 is 27.7.